The van der Waals surface area contributed by atoms with Crippen molar-refractivity contribution in [3.05, 3.63) is 35.5 Å². The molecule has 0 spiro atoms. The lowest BCUT2D eigenvalue weighted by molar-refractivity contribution is 1.11. The van der Waals surface area contributed by atoms with Crippen LogP contribution in [0.3, 0.4) is 0 Å². The normalized spacial score (nSPS) is 9.75. The molecule has 0 unspecified atom stereocenters. The Kier molecular flexibility index (Phi) is 4.40. The molecule has 1 nitrogen and oxygen atoms in total. The van der Waals surface area contributed by atoms with E-state index in [9.17, 15) is 0 Å². The van der Waals surface area contributed by atoms with Gasteiger partial charge in [0.2, 0.25) is 0 Å². The summed E-state index contributed by atoms with van der Waals surface area (Å²) in [6.45, 7) is 3.66. The summed E-state index contributed by atoms with van der Waals surface area (Å²) in [7, 11) is 0. The highest BCUT2D eigenvalue weighted by molar-refractivity contribution is 9.10. The van der Waals surface area contributed by atoms with Crippen LogP contribution in [0.4, 0.5) is 0 Å². The largest absolute Gasteiger partial charge is 0.249 e. The maximum absolute atomic E-state index is 4.23. The van der Waals surface area contributed by atoms with Gasteiger partial charge >= 0.3 is 0 Å². The van der Waals surface area contributed by atoms with Gasteiger partial charge in [-0.05, 0) is 34.5 Å². The second-order valence-corrected chi connectivity index (χ2v) is 4.27. The van der Waals surface area contributed by atoms with Crippen molar-refractivity contribution in [3.8, 4) is 0 Å². The van der Waals surface area contributed by atoms with Gasteiger partial charge in [0.25, 0.3) is 0 Å². The van der Waals surface area contributed by atoms with Crippen molar-refractivity contribution in [2.45, 2.75) is 11.4 Å². The molecule has 1 rings (SSSR count). The first-order valence-electron chi connectivity index (χ1n) is 3.68. The molecule has 64 valence electrons. The van der Waals surface area contributed by atoms with E-state index in [0.29, 0.717) is 0 Å². The van der Waals surface area contributed by atoms with Crippen LogP contribution in [0.2, 0.25) is 0 Å². The van der Waals surface area contributed by atoms with Crippen LogP contribution in [-0.4, -0.2) is 10.7 Å². The fourth-order valence-corrected chi connectivity index (χ4v) is 1.71. The topological polar surface area (TPSA) is 12.9 Å². The van der Waals surface area contributed by atoms with Crippen LogP contribution in [0.1, 0.15) is 6.42 Å². The van der Waals surface area contributed by atoms with Crippen LogP contribution >= 0.6 is 27.7 Å². The maximum atomic E-state index is 4.23. The second-order valence-electron chi connectivity index (χ2n) is 2.24. The summed E-state index contributed by atoms with van der Waals surface area (Å²) < 4.78 is 1.02. The molecule has 0 atom stereocenters. The first-order valence-corrected chi connectivity index (χ1v) is 5.46. The highest BCUT2D eigenvalue weighted by Crippen LogP contribution is 2.17. The van der Waals surface area contributed by atoms with Gasteiger partial charge in [-0.15, -0.1) is 18.3 Å². The Hall–Kier alpha value is -0.280. The second kappa shape index (κ2) is 5.38. The Morgan fingerprint density at radius 1 is 1.58 bits per heavy atom. The predicted octanol–water partition coefficient (Wildman–Crippen LogP) is 3.51. The molecular weight excluding hydrogens is 234 g/mol. The number of hydrogen-bond donors (Lipinski definition) is 0. The molecule has 1 aromatic heterocycles. The highest BCUT2D eigenvalue weighted by atomic mass is 79.9. The minimum absolute atomic E-state index is 1.02. The zero-order valence-electron chi connectivity index (χ0n) is 6.66. The molecule has 0 fully saturated rings. The minimum Gasteiger partial charge on any atom is -0.249 e. The summed E-state index contributed by atoms with van der Waals surface area (Å²) in [5, 5.41) is 1.07. The van der Waals surface area contributed by atoms with Crippen LogP contribution in [-0.2, 0) is 0 Å². The Labute approximate surface area is 85.4 Å². The lowest BCUT2D eigenvalue weighted by Gasteiger charge is -1.97. The molecule has 0 N–H and O–H groups in total. The van der Waals surface area contributed by atoms with E-state index < -0.39 is 0 Å². The zero-order chi connectivity index (χ0) is 8.81. The fraction of sp³-hybridized carbons (Fsp3) is 0.222. The first kappa shape index (κ1) is 9.81. The molecule has 0 bridgehead atoms. The summed E-state index contributed by atoms with van der Waals surface area (Å²) in [5.41, 5.74) is 0. The zero-order valence-corrected chi connectivity index (χ0v) is 9.07. The van der Waals surface area contributed by atoms with E-state index in [0.717, 1.165) is 21.7 Å². The molecule has 0 radical (unpaired) electrons. The quantitative estimate of drug-likeness (QED) is 0.456. The SMILES string of the molecule is C=CCCSc1ccc(Br)cn1. The molecule has 12 heavy (non-hydrogen) atoms. The van der Waals surface area contributed by atoms with Crippen molar-refractivity contribution in [1.82, 2.24) is 4.98 Å². The van der Waals surface area contributed by atoms with Gasteiger partial charge in [-0.1, -0.05) is 6.08 Å². The van der Waals surface area contributed by atoms with Gasteiger partial charge < -0.3 is 0 Å². The van der Waals surface area contributed by atoms with E-state index in [1.165, 1.54) is 0 Å². The molecular formula is C9H10BrNS. The van der Waals surface area contributed by atoms with E-state index in [1.54, 1.807) is 11.8 Å². The van der Waals surface area contributed by atoms with Gasteiger partial charge in [0.15, 0.2) is 0 Å². The predicted molar refractivity (Wildman–Crippen MR) is 57.5 cm³/mol. The van der Waals surface area contributed by atoms with Gasteiger partial charge in [-0.3, -0.25) is 0 Å². The summed E-state index contributed by atoms with van der Waals surface area (Å²) in [6, 6.07) is 4.01. The average Bonchev–Trinajstić information content (AvgIpc) is 2.09. The monoisotopic (exact) mass is 243 g/mol. The van der Waals surface area contributed by atoms with E-state index >= 15 is 0 Å². The van der Waals surface area contributed by atoms with Crippen LogP contribution < -0.4 is 0 Å². The minimum atomic E-state index is 1.02. The number of thioether (sulfide) groups is 1. The van der Waals surface area contributed by atoms with E-state index in [2.05, 4.69) is 27.5 Å². The number of aromatic nitrogens is 1. The molecule has 1 aromatic rings. The third kappa shape index (κ3) is 3.41. The Balaban J connectivity index is 2.42. The Bertz CT molecular complexity index is 245. The van der Waals surface area contributed by atoms with E-state index in [4.69, 9.17) is 0 Å². The summed E-state index contributed by atoms with van der Waals surface area (Å²) in [5.74, 6) is 1.05. The fourth-order valence-electron chi connectivity index (χ4n) is 0.694. The summed E-state index contributed by atoms with van der Waals surface area (Å²) in [6.07, 6.45) is 4.77. The number of allylic oxidation sites excluding steroid dienone is 1. The van der Waals surface area contributed by atoms with Crippen LogP contribution in [0.25, 0.3) is 0 Å². The lowest BCUT2D eigenvalue weighted by atomic mass is 10.5. The standard InChI is InChI=1S/C9H10BrNS/c1-2-3-6-12-9-5-4-8(10)7-11-9/h2,4-5,7H,1,3,6H2. The number of halogens is 1. The summed E-state index contributed by atoms with van der Waals surface area (Å²) >= 11 is 5.09. The summed E-state index contributed by atoms with van der Waals surface area (Å²) in [4.78, 5) is 4.23. The number of nitrogens with zero attached hydrogens (tertiary/aromatic N) is 1. The third-order valence-corrected chi connectivity index (χ3v) is 2.72. The maximum Gasteiger partial charge on any atom is 0.0960 e. The van der Waals surface area contributed by atoms with Gasteiger partial charge in [-0.2, -0.15) is 0 Å². The molecule has 0 amide bonds. The number of rotatable bonds is 4. The molecule has 1 heterocycles. The smallest absolute Gasteiger partial charge is 0.0960 e. The lowest BCUT2D eigenvalue weighted by Crippen LogP contribution is -1.80. The van der Waals surface area contributed by atoms with Gasteiger partial charge in [0, 0.05) is 16.4 Å². The van der Waals surface area contributed by atoms with E-state index in [1.807, 2.05) is 24.4 Å². The van der Waals surface area contributed by atoms with Crippen molar-refractivity contribution in [2.75, 3.05) is 5.75 Å². The number of hydrogen-bond acceptors (Lipinski definition) is 2. The van der Waals surface area contributed by atoms with Crippen LogP contribution in [0, 0.1) is 0 Å². The number of pyridine rings is 1. The van der Waals surface area contributed by atoms with Crippen molar-refractivity contribution in [1.29, 1.82) is 0 Å². The molecule has 0 aromatic carbocycles. The van der Waals surface area contributed by atoms with Crippen LogP contribution in [0.5, 0.6) is 0 Å². The highest BCUT2D eigenvalue weighted by Gasteiger charge is 1.93. The molecule has 0 saturated carbocycles. The first-order chi connectivity index (χ1) is 5.83. The van der Waals surface area contributed by atoms with Gasteiger partial charge in [0.05, 0.1) is 5.03 Å². The molecule has 0 saturated heterocycles. The molecule has 3 heteroatoms. The van der Waals surface area contributed by atoms with Gasteiger partial charge in [0.1, 0.15) is 0 Å². The van der Waals surface area contributed by atoms with Crippen molar-refractivity contribution >= 4 is 27.7 Å². The Morgan fingerprint density at radius 2 is 2.42 bits per heavy atom. The van der Waals surface area contributed by atoms with Crippen molar-refractivity contribution in [2.24, 2.45) is 0 Å². The van der Waals surface area contributed by atoms with Crippen molar-refractivity contribution in [3.63, 3.8) is 0 Å². The van der Waals surface area contributed by atoms with Crippen LogP contribution in [0.15, 0.2) is 40.5 Å². The average molecular weight is 244 g/mol. The molecule has 0 aliphatic heterocycles. The third-order valence-electron chi connectivity index (χ3n) is 1.27. The Morgan fingerprint density at radius 3 is 3.00 bits per heavy atom. The van der Waals surface area contributed by atoms with Gasteiger partial charge in [-0.25, -0.2) is 4.98 Å². The molecule has 0 aliphatic rings. The molecule has 0 aliphatic carbocycles. The van der Waals surface area contributed by atoms with Crippen molar-refractivity contribution < 1.29 is 0 Å². The van der Waals surface area contributed by atoms with E-state index in [-0.39, 0.29) is 0 Å².